The van der Waals surface area contributed by atoms with E-state index in [1.807, 2.05) is 4.98 Å². The molecule has 1 heterocycles. The molecule has 0 radical (unpaired) electrons. The molecule has 0 bridgehead atoms. The molecular formula is C19H11F5N2O3. The van der Waals surface area contributed by atoms with Gasteiger partial charge >= 0.3 is 6.18 Å². The lowest BCUT2D eigenvalue weighted by Gasteiger charge is -2.17. The lowest BCUT2D eigenvalue weighted by Crippen LogP contribution is -2.21. The van der Waals surface area contributed by atoms with Gasteiger partial charge in [-0.3, -0.25) is 9.59 Å². The molecule has 0 aliphatic carbocycles. The molecule has 3 aromatic rings. The van der Waals surface area contributed by atoms with Crippen molar-refractivity contribution in [3.8, 4) is 11.1 Å². The highest BCUT2D eigenvalue weighted by molar-refractivity contribution is 6.07. The Labute approximate surface area is 159 Å². The summed E-state index contributed by atoms with van der Waals surface area (Å²) in [6.07, 6.45) is -4.28. The first-order valence-electron chi connectivity index (χ1n) is 7.99. The van der Waals surface area contributed by atoms with E-state index in [0.29, 0.717) is 12.5 Å². The first-order valence-corrected chi connectivity index (χ1v) is 7.99. The van der Waals surface area contributed by atoms with E-state index in [0.717, 1.165) is 12.1 Å². The van der Waals surface area contributed by atoms with Gasteiger partial charge in [0.25, 0.3) is 5.56 Å². The predicted molar refractivity (Wildman–Crippen MR) is 94.4 cm³/mol. The van der Waals surface area contributed by atoms with Gasteiger partial charge in [0.2, 0.25) is 5.82 Å². The monoisotopic (exact) mass is 410 g/mol. The molecule has 150 valence electrons. The number of rotatable bonds is 3. The Bertz CT molecular complexity index is 1230. The molecule has 0 saturated heterocycles. The minimum absolute atomic E-state index is 0.000921. The first-order chi connectivity index (χ1) is 13.6. The average Bonchev–Trinajstić information content (AvgIpc) is 2.64. The number of carbonyl (C=O) groups excluding carboxylic acids is 1. The number of aromatic amines is 1. The van der Waals surface area contributed by atoms with Crippen LogP contribution in [0.25, 0.3) is 22.0 Å². The average molecular weight is 410 g/mol. The number of alkyl halides is 3. The number of aldehydes is 1. The fourth-order valence-electron chi connectivity index (χ4n) is 3.13. The summed E-state index contributed by atoms with van der Waals surface area (Å²) in [5, 5.41) is 11.0. The number of oxime groups is 1. The molecule has 0 saturated carbocycles. The van der Waals surface area contributed by atoms with Crippen LogP contribution in [0.3, 0.4) is 0 Å². The van der Waals surface area contributed by atoms with Crippen LogP contribution >= 0.6 is 0 Å². The number of nitrogens with zero attached hydrogens (tertiary/aromatic N) is 1. The van der Waals surface area contributed by atoms with Crippen molar-refractivity contribution in [2.24, 2.45) is 5.16 Å². The van der Waals surface area contributed by atoms with Crippen molar-refractivity contribution in [1.29, 1.82) is 0 Å². The second kappa shape index (κ2) is 7.12. The standard InChI is InChI=1S/C19H11F5N2O3/c1-8-11(4-9(7-27)5-13(8)20)10-2-3-14-15(12(10)6-25-29)16(19(22,23)24)17(21)18(28)26-14/h2-7,29H,1H3,(H,26,28). The third kappa shape index (κ3) is 3.37. The highest BCUT2D eigenvalue weighted by Crippen LogP contribution is 2.40. The van der Waals surface area contributed by atoms with Gasteiger partial charge in [0.1, 0.15) is 17.7 Å². The smallest absolute Gasteiger partial charge is 0.411 e. The minimum Gasteiger partial charge on any atom is -0.411 e. The van der Waals surface area contributed by atoms with E-state index in [4.69, 9.17) is 5.21 Å². The van der Waals surface area contributed by atoms with E-state index in [9.17, 15) is 31.5 Å². The van der Waals surface area contributed by atoms with Gasteiger partial charge in [0.15, 0.2) is 0 Å². The van der Waals surface area contributed by atoms with Gasteiger partial charge in [-0.05, 0) is 41.8 Å². The zero-order chi connectivity index (χ0) is 21.5. The van der Waals surface area contributed by atoms with E-state index >= 15 is 0 Å². The summed E-state index contributed by atoms with van der Waals surface area (Å²) in [5.74, 6) is -2.85. The Hall–Kier alpha value is -3.56. The van der Waals surface area contributed by atoms with E-state index in [1.165, 1.54) is 19.1 Å². The lowest BCUT2D eigenvalue weighted by molar-refractivity contribution is -0.138. The van der Waals surface area contributed by atoms with Gasteiger partial charge < -0.3 is 10.2 Å². The fourth-order valence-corrected chi connectivity index (χ4v) is 3.13. The van der Waals surface area contributed by atoms with Crippen LogP contribution in [-0.2, 0) is 6.18 Å². The molecule has 3 rings (SSSR count). The molecule has 29 heavy (non-hydrogen) atoms. The van der Waals surface area contributed by atoms with Crippen molar-refractivity contribution in [1.82, 2.24) is 4.98 Å². The van der Waals surface area contributed by atoms with Gasteiger partial charge in [0.05, 0.1) is 6.21 Å². The number of H-pyrrole nitrogens is 1. The Balaban J connectivity index is 2.57. The molecular weight excluding hydrogens is 399 g/mol. The third-order valence-corrected chi connectivity index (χ3v) is 4.43. The third-order valence-electron chi connectivity index (χ3n) is 4.43. The highest BCUT2D eigenvalue weighted by Gasteiger charge is 2.39. The Morgan fingerprint density at radius 2 is 1.83 bits per heavy atom. The zero-order valence-corrected chi connectivity index (χ0v) is 14.6. The Morgan fingerprint density at radius 3 is 2.41 bits per heavy atom. The molecule has 5 nitrogen and oxygen atoms in total. The molecule has 2 aromatic carbocycles. The van der Waals surface area contributed by atoms with E-state index in [2.05, 4.69) is 5.16 Å². The van der Waals surface area contributed by atoms with E-state index < -0.39 is 39.9 Å². The normalized spacial score (nSPS) is 12.1. The van der Waals surface area contributed by atoms with Gasteiger partial charge in [0, 0.05) is 22.0 Å². The number of carbonyl (C=O) groups is 1. The van der Waals surface area contributed by atoms with E-state index in [-0.39, 0.29) is 27.8 Å². The molecule has 0 unspecified atom stereocenters. The Kier molecular flexibility index (Phi) is 4.95. The second-order valence-corrected chi connectivity index (χ2v) is 6.13. The van der Waals surface area contributed by atoms with Gasteiger partial charge in [-0.25, -0.2) is 8.78 Å². The SMILES string of the molecule is Cc1c(F)cc(C=O)cc1-c1ccc2[nH]c(=O)c(F)c(C(F)(F)F)c2c1C=NO. The number of hydrogen-bond donors (Lipinski definition) is 2. The molecule has 0 aliphatic heterocycles. The largest absolute Gasteiger partial charge is 0.420 e. The molecule has 0 amide bonds. The molecule has 0 aliphatic rings. The number of nitrogens with one attached hydrogen (secondary N) is 1. The van der Waals surface area contributed by atoms with Crippen LogP contribution in [0.4, 0.5) is 22.0 Å². The maximum atomic E-state index is 14.2. The molecule has 1 aromatic heterocycles. The summed E-state index contributed by atoms with van der Waals surface area (Å²) in [7, 11) is 0. The molecule has 0 fully saturated rings. The number of hydrogen-bond acceptors (Lipinski definition) is 4. The van der Waals surface area contributed by atoms with Crippen molar-refractivity contribution in [3.05, 3.63) is 68.5 Å². The van der Waals surface area contributed by atoms with Gasteiger partial charge in [-0.2, -0.15) is 13.2 Å². The van der Waals surface area contributed by atoms with Crippen LogP contribution in [0.15, 0.2) is 34.2 Å². The first kappa shape index (κ1) is 20.2. The van der Waals surface area contributed by atoms with E-state index in [1.54, 1.807) is 0 Å². The highest BCUT2D eigenvalue weighted by atomic mass is 19.4. The zero-order valence-electron chi connectivity index (χ0n) is 14.6. The number of benzene rings is 2. The molecule has 0 atom stereocenters. The summed E-state index contributed by atoms with van der Waals surface area (Å²) in [6, 6.07) is 4.51. The van der Waals surface area contributed by atoms with Crippen LogP contribution in [0, 0.1) is 18.6 Å². The molecule has 10 heteroatoms. The van der Waals surface area contributed by atoms with Crippen molar-refractivity contribution in [2.75, 3.05) is 0 Å². The summed E-state index contributed by atoms with van der Waals surface area (Å²) in [6.45, 7) is 1.33. The van der Waals surface area contributed by atoms with Crippen LogP contribution < -0.4 is 5.56 Å². The minimum atomic E-state index is -5.25. The second-order valence-electron chi connectivity index (χ2n) is 6.13. The van der Waals surface area contributed by atoms with Crippen molar-refractivity contribution < 1.29 is 32.0 Å². The van der Waals surface area contributed by atoms with Gasteiger partial charge in [-0.15, -0.1) is 0 Å². The number of pyridine rings is 1. The van der Waals surface area contributed by atoms with Crippen molar-refractivity contribution in [2.45, 2.75) is 13.1 Å². The summed E-state index contributed by atoms with van der Waals surface area (Å²) >= 11 is 0. The van der Waals surface area contributed by atoms with Crippen molar-refractivity contribution >= 4 is 23.4 Å². The van der Waals surface area contributed by atoms with Crippen LogP contribution in [0.5, 0.6) is 0 Å². The number of halogens is 5. The Morgan fingerprint density at radius 1 is 1.14 bits per heavy atom. The van der Waals surface area contributed by atoms with Crippen LogP contribution in [-0.4, -0.2) is 22.7 Å². The summed E-state index contributed by atoms with van der Waals surface area (Å²) in [5.41, 5.74) is -4.33. The summed E-state index contributed by atoms with van der Waals surface area (Å²) < 4.78 is 69.1. The molecule has 2 N–H and O–H groups in total. The summed E-state index contributed by atoms with van der Waals surface area (Å²) in [4.78, 5) is 24.7. The van der Waals surface area contributed by atoms with Gasteiger partial charge in [-0.1, -0.05) is 11.2 Å². The van der Waals surface area contributed by atoms with Crippen molar-refractivity contribution in [3.63, 3.8) is 0 Å². The molecule has 0 spiro atoms. The maximum absolute atomic E-state index is 14.2. The lowest BCUT2D eigenvalue weighted by atomic mass is 9.90. The number of aromatic nitrogens is 1. The number of fused-ring (bicyclic) bond motifs is 1. The quantitative estimate of drug-likeness (QED) is 0.221. The van der Waals surface area contributed by atoms with Crippen LogP contribution in [0.2, 0.25) is 0 Å². The fraction of sp³-hybridized carbons (Fsp3) is 0.105. The van der Waals surface area contributed by atoms with Crippen LogP contribution in [0.1, 0.15) is 27.0 Å². The topological polar surface area (TPSA) is 82.5 Å². The predicted octanol–water partition coefficient (Wildman–Crippen LogP) is 4.42. The maximum Gasteiger partial charge on any atom is 0.420 e.